The molecule has 0 atom stereocenters. The second-order valence-electron chi connectivity index (χ2n) is 4.41. The molecule has 3 aromatic rings. The maximum Gasteiger partial charge on any atom is 0.261 e. The van der Waals surface area contributed by atoms with E-state index < -0.39 is 0 Å². The van der Waals surface area contributed by atoms with E-state index in [2.05, 4.69) is 16.5 Å². The lowest BCUT2D eigenvalue weighted by Crippen LogP contribution is -2.22. The summed E-state index contributed by atoms with van der Waals surface area (Å²) < 4.78 is 2.44. The molecule has 0 aliphatic carbocycles. The lowest BCUT2D eigenvalue weighted by atomic mass is 10.3. The van der Waals surface area contributed by atoms with Crippen LogP contribution in [0.15, 0.2) is 35.7 Å². The zero-order valence-corrected chi connectivity index (χ0v) is 13.6. The van der Waals surface area contributed by atoms with Gasteiger partial charge in [0.25, 0.3) is 5.91 Å². The predicted molar refractivity (Wildman–Crippen MR) is 87.0 cm³/mol. The van der Waals surface area contributed by atoms with E-state index in [1.54, 1.807) is 23.5 Å². The Balaban J connectivity index is 1.69. The molecule has 3 heterocycles. The highest BCUT2D eigenvalue weighted by Crippen LogP contribution is 2.25. The highest BCUT2D eigenvalue weighted by atomic mass is 35.5. The Morgan fingerprint density at radius 3 is 2.95 bits per heavy atom. The number of hydrogen-bond acceptors (Lipinski definition) is 4. The summed E-state index contributed by atoms with van der Waals surface area (Å²) in [6, 6.07) is 9.49. The van der Waals surface area contributed by atoms with Gasteiger partial charge >= 0.3 is 0 Å². The van der Waals surface area contributed by atoms with Crippen molar-refractivity contribution in [1.82, 2.24) is 15.1 Å². The average molecular weight is 338 g/mol. The van der Waals surface area contributed by atoms with Gasteiger partial charge in [0, 0.05) is 7.05 Å². The smallest absolute Gasteiger partial charge is 0.261 e. The van der Waals surface area contributed by atoms with Crippen LogP contribution < -0.4 is 5.32 Å². The second kappa shape index (κ2) is 6.01. The van der Waals surface area contributed by atoms with Gasteiger partial charge in [-0.25, -0.2) is 0 Å². The molecule has 1 N–H and O–H groups in total. The van der Waals surface area contributed by atoms with Crippen LogP contribution in [-0.2, 0) is 13.6 Å². The molecule has 0 spiro atoms. The molecule has 0 aliphatic rings. The van der Waals surface area contributed by atoms with Gasteiger partial charge in [-0.2, -0.15) is 5.10 Å². The van der Waals surface area contributed by atoms with Crippen LogP contribution in [0.5, 0.6) is 0 Å². The third-order valence-electron chi connectivity index (χ3n) is 2.93. The summed E-state index contributed by atoms with van der Waals surface area (Å²) in [6.45, 7) is 0.396. The van der Waals surface area contributed by atoms with E-state index in [0.29, 0.717) is 15.8 Å². The Hall–Kier alpha value is -1.63. The van der Waals surface area contributed by atoms with E-state index in [9.17, 15) is 4.79 Å². The molecule has 0 aromatic carbocycles. The summed E-state index contributed by atoms with van der Waals surface area (Å²) in [5.41, 5.74) is 1.88. The van der Waals surface area contributed by atoms with Crippen molar-refractivity contribution < 1.29 is 4.79 Å². The van der Waals surface area contributed by atoms with Gasteiger partial charge in [-0.3, -0.25) is 9.48 Å². The van der Waals surface area contributed by atoms with E-state index in [0.717, 1.165) is 16.3 Å². The number of carbonyl (C=O) groups is 1. The summed E-state index contributed by atoms with van der Waals surface area (Å²) in [7, 11) is 1.90. The van der Waals surface area contributed by atoms with Crippen LogP contribution in [0.3, 0.4) is 0 Å². The summed E-state index contributed by atoms with van der Waals surface area (Å²) >= 11 is 8.76. The van der Waals surface area contributed by atoms with Crippen LogP contribution >= 0.6 is 34.3 Å². The van der Waals surface area contributed by atoms with E-state index >= 15 is 0 Å². The Morgan fingerprint density at radius 2 is 2.29 bits per heavy atom. The molecular weight excluding hydrogens is 326 g/mol. The van der Waals surface area contributed by atoms with Crippen molar-refractivity contribution >= 4 is 40.2 Å². The molecule has 3 aromatic heterocycles. The minimum absolute atomic E-state index is 0.129. The van der Waals surface area contributed by atoms with E-state index in [-0.39, 0.29) is 5.91 Å². The molecule has 0 fully saturated rings. The minimum atomic E-state index is -0.129. The highest BCUT2D eigenvalue weighted by Gasteiger charge is 2.11. The SMILES string of the molecule is Cn1nc(CNC(=O)c2ccc(Cl)s2)cc1-c1cccs1. The van der Waals surface area contributed by atoms with Crippen LogP contribution in [0.2, 0.25) is 4.34 Å². The average Bonchev–Trinajstić information content (AvgIpc) is 3.16. The molecular formula is C14H12ClN3OS2. The van der Waals surface area contributed by atoms with E-state index in [1.807, 2.05) is 29.2 Å². The lowest BCUT2D eigenvalue weighted by molar-refractivity contribution is 0.0954. The molecule has 0 saturated carbocycles. The predicted octanol–water partition coefficient (Wildman–Crippen LogP) is 3.79. The molecule has 0 aliphatic heterocycles. The fourth-order valence-electron chi connectivity index (χ4n) is 1.96. The van der Waals surface area contributed by atoms with Crippen molar-refractivity contribution in [3.05, 3.63) is 50.6 Å². The zero-order chi connectivity index (χ0) is 14.8. The Bertz CT molecular complexity index is 761. The molecule has 108 valence electrons. The van der Waals surface area contributed by atoms with Gasteiger partial charge in [0.15, 0.2) is 0 Å². The van der Waals surface area contributed by atoms with Crippen molar-refractivity contribution in [1.29, 1.82) is 0 Å². The number of halogens is 1. The normalized spacial score (nSPS) is 10.8. The van der Waals surface area contributed by atoms with Crippen molar-refractivity contribution in [3.8, 4) is 10.6 Å². The summed E-state index contributed by atoms with van der Waals surface area (Å²) in [5.74, 6) is -0.129. The minimum Gasteiger partial charge on any atom is -0.346 e. The summed E-state index contributed by atoms with van der Waals surface area (Å²) in [5, 5.41) is 9.31. The summed E-state index contributed by atoms with van der Waals surface area (Å²) in [6.07, 6.45) is 0. The number of aromatic nitrogens is 2. The first kappa shape index (κ1) is 14.3. The molecule has 0 saturated heterocycles. The Morgan fingerprint density at radius 1 is 1.43 bits per heavy atom. The van der Waals surface area contributed by atoms with Gasteiger partial charge in [-0.15, -0.1) is 22.7 Å². The van der Waals surface area contributed by atoms with Crippen molar-refractivity contribution in [2.75, 3.05) is 0 Å². The molecule has 0 bridgehead atoms. The number of rotatable bonds is 4. The van der Waals surface area contributed by atoms with Crippen molar-refractivity contribution in [2.45, 2.75) is 6.54 Å². The van der Waals surface area contributed by atoms with Gasteiger partial charge in [0.05, 0.1) is 32.0 Å². The Kier molecular flexibility index (Phi) is 4.10. The lowest BCUT2D eigenvalue weighted by Gasteiger charge is -1.99. The fraction of sp³-hybridized carbons (Fsp3) is 0.143. The maximum absolute atomic E-state index is 12.0. The van der Waals surface area contributed by atoms with Gasteiger partial charge in [-0.05, 0) is 29.6 Å². The number of thiophene rings is 2. The number of carbonyl (C=O) groups excluding carboxylic acids is 1. The second-order valence-corrected chi connectivity index (χ2v) is 7.07. The highest BCUT2D eigenvalue weighted by molar-refractivity contribution is 7.18. The first-order valence-electron chi connectivity index (χ1n) is 6.24. The van der Waals surface area contributed by atoms with Crippen LogP contribution in [0.1, 0.15) is 15.4 Å². The van der Waals surface area contributed by atoms with Gasteiger partial charge in [-0.1, -0.05) is 17.7 Å². The van der Waals surface area contributed by atoms with Crippen molar-refractivity contribution in [3.63, 3.8) is 0 Å². The molecule has 21 heavy (non-hydrogen) atoms. The zero-order valence-electron chi connectivity index (χ0n) is 11.2. The van der Waals surface area contributed by atoms with E-state index in [4.69, 9.17) is 11.6 Å². The van der Waals surface area contributed by atoms with Gasteiger partial charge in [0.2, 0.25) is 0 Å². The molecule has 4 nitrogen and oxygen atoms in total. The molecule has 7 heteroatoms. The molecule has 1 amide bonds. The number of hydrogen-bond donors (Lipinski definition) is 1. The van der Waals surface area contributed by atoms with Crippen LogP contribution in [-0.4, -0.2) is 15.7 Å². The number of nitrogens with one attached hydrogen (secondary N) is 1. The van der Waals surface area contributed by atoms with Crippen LogP contribution in [0.25, 0.3) is 10.6 Å². The topological polar surface area (TPSA) is 46.9 Å². The third-order valence-corrected chi connectivity index (χ3v) is 5.05. The van der Waals surface area contributed by atoms with E-state index in [1.165, 1.54) is 11.3 Å². The fourth-order valence-corrected chi connectivity index (χ4v) is 3.69. The molecule has 0 unspecified atom stereocenters. The number of nitrogens with zero attached hydrogens (tertiary/aromatic N) is 2. The maximum atomic E-state index is 12.0. The first-order chi connectivity index (χ1) is 10.1. The van der Waals surface area contributed by atoms with Crippen molar-refractivity contribution in [2.24, 2.45) is 7.05 Å². The molecule has 0 radical (unpaired) electrons. The van der Waals surface area contributed by atoms with Gasteiger partial charge in [0.1, 0.15) is 0 Å². The standard InChI is InChI=1S/C14H12ClN3OS2/c1-18-10(11-3-2-6-20-11)7-9(17-18)8-16-14(19)12-4-5-13(15)21-12/h2-7H,8H2,1H3,(H,16,19). The molecule has 3 rings (SSSR count). The van der Waals surface area contributed by atoms with Gasteiger partial charge < -0.3 is 5.32 Å². The van der Waals surface area contributed by atoms with Crippen LogP contribution in [0, 0.1) is 0 Å². The third kappa shape index (κ3) is 3.18. The largest absolute Gasteiger partial charge is 0.346 e. The quantitative estimate of drug-likeness (QED) is 0.787. The van der Waals surface area contributed by atoms with Crippen LogP contribution in [0.4, 0.5) is 0 Å². The first-order valence-corrected chi connectivity index (χ1v) is 8.31. The number of aryl methyl sites for hydroxylation is 1. The monoisotopic (exact) mass is 337 g/mol. The number of amides is 1. The summed E-state index contributed by atoms with van der Waals surface area (Å²) in [4.78, 5) is 13.7. The Labute approximate surface area is 135 Å².